The van der Waals surface area contributed by atoms with Gasteiger partial charge < -0.3 is 4.98 Å². The third-order valence-electron chi connectivity index (χ3n) is 2.83. The van der Waals surface area contributed by atoms with Gasteiger partial charge >= 0.3 is 0 Å². The van der Waals surface area contributed by atoms with Crippen LogP contribution in [-0.4, -0.2) is 9.97 Å². The fourth-order valence-corrected chi connectivity index (χ4v) is 1.93. The molecule has 0 fully saturated rings. The van der Waals surface area contributed by atoms with Crippen molar-refractivity contribution in [3.8, 4) is 11.1 Å². The highest BCUT2D eigenvalue weighted by atomic mass is 19.1. The molecule has 2 aromatic carbocycles. The lowest BCUT2D eigenvalue weighted by atomic mass is 10.0. The lowest BCUT2D eigenvalue weighted by molar-refractivity contribution is 0.631. The standard InChI is InChI=1S/C14H9FN2O/c15-12-4-2-1-3-10(12)9-5-6-11-13(7-9)16-8-17-14(11)18/h1-8H,(H,16,17,18). The third-order valence-corrected chi connectivity index (χ3v) is 2.83. The van der Waals surface area contributed by atoms with Crippen molar-refractivity contribution in [2.45, 2.75) is 0 Å². The van der Waals surface area contributed by atoms with Crippen LogP contribution in [0.1, 0.15) is 0 Å². The highest BCUT2D eigenvalue weighted by Gasteiger charge is 2.06. The molecule has 0 radical (unpaired) electrons. The summed E-state index contributed by atoms with van der Waals surface area (Å²) in [6.45, 7) is 0. The summed E-state index contributed by atoms with van der Waals surface area (Å²) in [7, 11) is 0. The number of H-pyrrole nitrogens is 1. The van der Waals surface area contributed by atoms with E-state index in [1.54, 1.807) is 36.4 Å². The van der Waals surface area contributed by atoms with E-state index in [0.717, 1.165) is 0 Å². The van der Waals surface area contributed by atoms with E-state index in [4.69, 9.17) is 0 Å². The second-order valence-corrected chi connectivity index (χ2v) is 3.94. The Hall–Kier alpha value is -2.49. The molecule has 1 heterocycles. The normalized spacial score (nSPS) is 10.7. The summed E-state index contributed by atoms with van der Waals surface area (Å²) < 4.78 is 13.7. The fraction of sp³-hybridized carbons (Fsp3) is 0. The molecule has 88 valence electrons. The number of aromatic nitrogens is 2. The number of hydrogen-bond donors (Lipinski definition) is 1. The van der Waals surface area contributed by atoms with E-state index in [0.29, 0.717) is 22.0 Å². The molecule has 3 nitrogen and oxygen atoms in total. The molecule has 1 aromatic heterocycles. The zero-order valence-electron chi connectivity index (χ0n) is 9.35. The molecule has 0 amide bonds. The Bertz CT molecular complexity index is 780. The summed E-state index contributed by atoms with van der Waals surface area (Å²) in [6.07, 6.45) is 1.34. The van der Waals surface area contributed by atoms with Gasteiger partial charge in [-0.25, -0.2) is 9.37 Å². The van der Waals surface area contributed by atoms with Crippen LogP contribution < -0.4 is 5.56 Å². The molecule has 0 saturated heterocycles. The Morgan fingerprint density at radius 3 is 2.78 bits per heavy atom. The Labute approximate surface area is 102 Å². The summed E-state index contributed by atoms with van der Waals surface area (Å²) in [5, 5.41) is 0.498. The van der Waals surface area contributed by atoms with Gasteiger partial charge in [0.05, 0.1) is 17.2 Å². The van der Waals surface area contributed by atoms with Gasteiger partial charge in [0, 0.05) is 5.56 Å². The SMILES string of the molecule is O=c1[nH]cnc2cc(-c3ccccc3F)ccc12. The molecule has 18 heavy (non-hydrogen) atoms. The Morgan fingerprint density at radius 1 is 1.11 bits per heavy atom. The number of nitrogens with one attached hydrogen (secondary N) is 1. The van der Waals surface area contributed by atoms with E-state index < -0.39 is 0 Å². The minimum absolute atomic E-state index is 0.194. The molecular formula is C14H9FN2O. The van der Waals surface area contributed by atoms with Crippen LogP contribution in [0.3, 0.4) is 0 Å². The van der Waals surface area contributed by atoms with Gasteiger partial charge in [0.25, 0.3) is 5.56 Å². The summed E-state index contributed by atoms with van der Waals surface area (Å²) in [6, 6.07) is 11.6. The number of fused-ring (bicyclic) bond motifs is 1. The van der Waals surface area contributed by atoms with Crippen LogP contribution in [0.15, 0.2) is 53.6 Å². The molecule has 0 aliphatic rings. The minimum Gasteiger partial charge on any atom is -0.313 e. The first-order valence-electron chi connectivity index (χ1n) is 5.48. The molecule has 0 aliphatic carbocycles. The number of nitrogens with zero attached hydrogens (tertiary/aromatic N) is 1. The van der Waals surface area contributed by atoms with Crippen molar-refractivity contribution in [2.24, 2.45) is 0 Å². The lowest BCUT2D eigenvalue weighted by Gasteiger charge is -2.04. The molecule has 0 aliphatic heterocycles. The Kier molecular flexibility index (Phi) is 2.41. The maximum absolute atomic E-state index is 13.7. The Morgan fingerprint density at radius 2 is 1.94 bits per heavy atom. The molecule has 3 aromatic rings. The largest absolute Gasteiger partial charge is 0.313 e. The van der Waals surface area contributed by atoms with Crippen molar-refractivity contribution in [1.82, 2.24) is 9.97 Å². The first-order chi connectivity index (χ1) is 8.75. The molecule has 0 spiro atoms. The summed E-state index contributed by atoms with van der Waals surface area (Å²) in [4.78, 5) is 18.1. The van der Waals surface area contributed by atoms with Crippen molar-refractivity contribution in [2.75, 3.05) is 0 Å². The van der Waals surface area contributed by atoms with Gasteiger partial charge in [0.15, 0.2) is 0 Å². The predicted octanol–water partition coefficient (Wildman–Crippen LogP) is 2.73. The molecule has 0 saturated carbocycles. The van der Waals surface area contributed by atoms with Crippen molar-refractivity contribution in [3.63, 3.8) is 0 Å². The number of rotatable bonds is 1. The highest BCUT2D eigenvalue weighted by Crippen LogP contribution is 2.24. The van der Waals surface area contributed by atoms with E-state index in [1.165, 1.54) is 12.4 Å². The topological polar surface area (TPSA) is 45.8 Å². The van der Waals surface area contributed by atoms with Crippen LogP contribution in [0.2, 0.25) is 0 Å². The van der Waals surface area contributed by atoms with E-state index in [1.807, 2.05) is 0 Å². The average molecular weight is 240 g/mol. The maximum atomic E-state index is 13.7. The van der Waals surface area contributed by atoms with E-state index in [2.05, 4.69) is 9.97 Å². The number of halogens is 1. The van der Waals surface area contributed by atoms with Crippen molar-refractivity contribution >= 4 is 10.9 Å². The lowest BCUT2D eigenvalue weighted by Crippen LogP contribution is -2.05. The zero-order valence-corrected chi connectivity index (χ0v) is 9.35. The quantitative estimate of drug-likeness (QED) is 0.710. The smallest absolute Gasteiger partial charge is 0.258 e. The second-order valence-electron chi connectivity index (χ2n) is 3.94. The van der Waals surface area contributed by atoms with Crippen molar-refractivity contribution < 1.29 is 4.39 Å². The molecule has 1 N–H and O–H groups in total. The minimum atomic E-state index is -0.290. The predicted molar refractivity (Wildman–Crippen MR) is 67.8 cm³/mol. The molecule has 0 unspecified atom stereocenters. The molecule has 0 atom stereocenters. The van der Waals surface area contributed by atoms with Crippen molar-refractivity contribution in [1.29, 1.82) is 0 Å². The third kappa shape index (κ3) is 1.68. The van der Waals surface area contributed by atoms with Crippen LogP contribution in [-0.2, 0) is 0 Å². The number of aromatic amines is 1. The monoisotopic (exact) mass is 240 g/mol. The second kappa shape index (κ2) is 4.07. The van der Waals surface area contributed by atoms with Crippen LogP contribution in [0, 0.1) is 5.82 Å². The van der Waals surface area contributed by atoms with Gasteiger partial charge in [0.1, 0.15) is 5.82 Å². The summed E-state index contributed by atoms with van der Waals surface area (Å²) >= 11 is 0. The van der Waals surface area contributed by atoms with E-state index >= 15 is 0 Å². The van der Waals surface area contributed by atoms with Gasteiger partial charge in [-0.1, -0.05) is 24.3 Å². The van der Waals surface area contributed by atoms with Gasteiger partial charge in [0.2, 0.25) is 0 Å². The van der Waals surface area contributed by atoms with E-state index in [9.17, 15) is 9.18 Å². The first kappa shape index (κ1) is 10.7. The van der Waals surface area contributed by atoms with Gasteiger partial charge in [-0.2, -0.15) is 0 Å². The van der Waals surface area contributed by atoms with Gasteiger partial charge in [-0.3, -0.25) is 4.79 Å². The Balaban J connectivity index is 2.27. The van der Waals surface area contributed by atoms with Crippen LogP contribution in [0.4, 0.5) is 4.39 Å². The van der Waals surface area contributed by atoms with Crippen molar-refractivity contribution in [3.05, 3.63) is 65.0 Å². The summed E-state index contributed by atoms with van der Waals surface area (Å²) in [5.41, 5.74) is 1.57. The molecule has 4 heteroatoms. The number of hydrogen-bond acceptors (Lipinski definition) is 2. The maximum Gasteiger partial charge on any atom is 0.258 e. The first-order valence-corrected chi connectivity index (χ1v) is 5.48. The van der Waals surface area contributed by atoms with Gasteiger partial charge in [-0.15, -0.1) is 0 Å². The molecule has 3 rings (SSSR count). The van der Waals surface area contributed by atoms with E-state index in [-0.39, 0.29) is 11.4 Å². The van der Waals surface area contributed by atoms with Gasteiger partial charge in [-0.05, 0) is 23.8 Å². The van der Waals surface area contributed by atoms with Crippen LogP contribution >= 0.6 is 0 Å². The summed E-state index contributed by atoms with van der Waals surface area (Å²) in [5.74, 6) is -0.290. The van der Waals surface area contributed by atoms with Crippen LogP contribution in [0.5, 0.6) is 0 Å². The molecular weight excluding hydrogens is 231 g/mol. The zero-order chi connectivity index (χ0) is 12.5. The molecule has 0 bridgehead atoms. The van der Waals surface area contributed by atoms with Crippen LogP contribution in [0.25, 0.3) is 22.0 Å². The fourth-order valence-electron chi connectivity index (χ4n) is 1.93. The number of benzene rings is 2. The average Bonchev–Trinajstić information content (AvgIpc) is 2.39. The highest BCUT2D eigenvalue weighted by molar-refractivity contribution is 5.83.